The average Bonchev–Trinajstić information content (AvgIpc) is 3.23. The van der Waals surface area contributed by atoms with E-state index in [1.807, 2.05) is 36.4 Å². The molecule has 0 saturated carbocycles. The van der Waals surface area contributed by atoms with Gasteiger partial charge in [0.05, 0.1) is 10.6 Å². The fraction of sp³-hybridized carbons (Fsp3) is 0.0769. The number of carbonyl (C=O) groups excluding carboxylic acids is 2. The molecule has 0 fully saturated rings. The number of nitrogens with zero attached hydrogens (tertiary/aromatic N) is 3. The van der Waals surface area contributed by atoms with Crippen molar-refractivity contribution in [2.45, 2.75) is 6.42 Å². The summed E-state index contributed by atoms with van der Waals surface area (Å²) in [5.41, 5.74) is 1.94. The second-order valence-corrected chi connectivity index (χ2v) is 7.59. The highest BCUT2D eigenvalue weighted by atomic mass is 16.6. The molecule has 2 N–H and O–H groups in total. The van der Waals surface area contributed by atoms with Crippen LogP contribution in [0.15, 0.2) is 89.4 Å². The van der Waals surface area contributed by atoms with Gasteiger partial charge in [-0.15, -0.1) is 0 Å². The van der Waals surface area contributed by atoms with Gasteiger partial charge in [0.2, 0.25) is 0 Å². The van der Waals surface area contributed by atoms with Gasteiger partial charge in [-0.05, 0) is 18.1 Å². The van der Waals surface area contributed by atoms with Crippen molar-refractivity contribution in [2.75, 3.05) is 6.54 Å². The van der Waals surface area contributed by atoms with Crippen molar-refractivity contribution in [3.05, 3.63) is 117 Å². The molecule has 35 heavy (non-hydrogen) atoms. The zero-order valence-corrected chi connectivity index (χ0v) is 18.4. The van der Waals surface area contributed by atoms with Crippen molar-refractivity contribution in [3.8, 4) is 6.07 Å². The molecule has 0 saturated heterocycles. The van der Waals surface area contributed by atoms with Crippen LogP contribution in [0.2, 0.25) is 0 Å². The largest absolute Gasteiger partial charge is 0.351 e. The molecule has 2 amide bonds. The van der Waals surface area contributed by atoms with Gasteiger partial charge in [0.15, 0.2) is 0 Å². The quantitative estimate of drug-likeness (QED) is 0.249. The highest BCUT2D eigenvalue weighted by Gasteiger charge is 2.27. The number of nitrogens with one attached hydrogen (secondary N) is 2. The predicted molar refractivity (Wildman–Crippen MR) is 129 cm³/mol. The van der Waals surface area contributed by atoms with Crippen LogP contribution in [0.1, 0.15) is 27.0 Å². The van der Waals surface area contributed by atoms with Crippen LogP contribution in [-0.2, 0) is 11.2 Å². The monoisotopic (exact) mass is 465 g/mol. The summed E-state index contributed by atoms with van der Waals surface area (Å²) in [4.78, 5) is 40.4. The van der Waals surface area contributed by atoms with Crippen LogP contribution in [0.4, 0.5) is 5.69 Å². The number of carbonyl (C=O) groups is 2. The van der Waals surface area contributed by atoms with E-state index in [9.17, 15) is 25.0 Å². The number of nitro groups is 1. The minimum absolute atomic E-state index is 0.0796. The molecular formula is C26H19N5O4. The van der Waals surface area contributed by atoms with Crippen LogP contribution < -0.4 is 10.6 Å². The minimum Gasteiger partial charge on any atom is -0.351 e. The van der Waals surface area contributed by atoms with Crippen molar-refractivity contribution >= 4 is 29.0 Å². The van der Waals surface area contributed by atoms with E-state index in [1.54, 1.807) is 24.3 Å². The summed E-state index contributed by atoms with van der Waals surface area (Å²) in [5, 5.41) is 26.2. The summed E-state index contributed by atoms with van der Waals surface area (Å²) in [6.07, 6.45) is 0.602. The third-order valence-electron chi connectivity index (χ3n) is 5.33. The van der Waals surface area contributed by atoms with Gasteiger partial charge in [-0.1, -0.05) is 60.7 Å². The van der Waals surface area contributed by atoms with Crippen LogP contribution in [0.5, 0.6) is 0 Å². The Balaban J connectivity index is 1.58. The second kappa shape index (κ2) is 10.2. The van der Waals surface area contributed by atoms with Crippen LogP contribution in [0.25, 0.3) is 5.70 Å². The lowest BCUT2D eigenvalue weighted by molar-refractivity contribution is -0.384. The Bertz CT molecular complexity index is 1420. The molecule has 3 aromatic carbocycles. The smallest absolute Gasteiger partial charge is 0.270 e. The van der Waals surface area contributed by atoms with Crippen molar-refractivity contribution in [2.24, 2.45) is 4.99 Å². The van der Waals surface area contributed by atoms with Crippen molar-refractivity contribution < 1.29 is 14.5 Å². The number of hydrogen-bond donors (Lipinski definition) is 2. The van der Waals surface area contributed by atoms with Gasteiger partial charge in [0, 0.05) is 35.4 Å². The van der Waals surface area contributed by atoms with Gasteiger partial charge in [0.1, 0.15) is 17.5 Å². The summed E-state index contributed by atoms with van der Waals surface area (Å²) in [6, 6.07) is 23.7. The van der Waals surface area contributed by atoms with E-state index in [4.69, 9.17) is 0 Å². The standard InChI is InChI=1S/C26H19N5O4/c27-16-22(26(33)28-14-13-17-7-2-1-3-8-17)23-20-11-4-5-12-21(20)24(29-23)30-25(32)18-9-6-10-19(15-18)31(34)35/h1-12,15H,13-14H2,(H,28,33)(H,29,30,32). The van der Waals surface area contributed by atoms with Crippen molar-refractivity contribution in [1.29, 1.82) is 5.26 Å². The Hall–Kier alpha value is -5.10. The lowest BCUT2D eigenvalue weighted by Gasteiger charge is -2.06. The van der Waals surface area contributed by atoms with Crippen LogP contribution in [-0.4, -0.2) is 29.1 Å². The van der Waals surface area contributed by atoms with Crippen LogP contribution in [0, 0.1) is 21.4 Å². The van der Waals surface area contributed by atoms with Crippen molar-refractivity contribution in [1.82, 2.24) is 10.6 Å². The van der Waals surface area contributed by atoms with E-state index in [0.717, 1.165) is 11.6 Å². The van der Waals surface area contributed by atoms with E-state index in [0.29, 0.717) is 24.1 Å². The second-order valence-electron chi connectivity index (χ2n) is 7.59. The number of rotatable bonds is 6. The highest BCUT2D eigenvalue weighted by molar-refractivity contribution is 6.20. The molecule has 0 aliphatic carbocycles. The third-order valence-corrected chi connectivity index (χ3v) is 5.33. The maximum Gasteiger partial charge on any atom is 0.270 e. The summed E-state index contributed by atoms with van der Waals surface area (Å²) in [7, 11) is 0. The summed E-state index contributed by atoms with van der Waals surface area (Å²) < 4.78 is 0. The van der Waals surface area contributed by atoms with E-state index >= 15 is 0 Å². The van der Waals surface area contributed by atoms with E-state index in [-0.39, 0.29) is 28.4 Å². The van der Waals surface area contributed by atoms with E-state index in [1.165, 1.54) is 18.2 Å². The Morgan fingerprint density at radius 2 is 1.69 bits per heavy atom. The number of aliphatic imine (C=N–C) groups is 1. The highest BCUT2D eigenvalue weighted by Crippen LogP contribution is 2.30. The first kappa shape index (κ1) is 23.1. The SMILES string of the molecule is N#CC(C(=O)NCCc1ccccc1)=C1N=C(NC(=O)c2cccc([N+](=O)[O-])c2)c2ccccc21. The zero-order chi connectivity index (χ0) is 24.8. The Kier molecular flexibility index (Phi) is 6.74. The van der Waals surface area contributed by atoms with E-state index < -0.39 is 16.7 Å². The fourth-order valence-corrected chi connectivity index (χ4v) is 3.62. The number of benzene rings is 3. The fourth-order valence-electron chi connectivity index (χ4n) is 3.62. The third kappa shape index (κ3) is 5.12. The molecule has 0 unspecified atom stereocenters. The Labute approximate surface area is 200 Å². The zero-order valence-electron chi connectivity index (χ0n) is 18.4. The Morgan fingerprint density at radius 3 is 2.40 bits per heavy atom. The molecular weight excluding hydrogens is 446 g/mol. The summed E-state index contributed by atoms with van der Waals surface area (Å²) in [5.74, 6) is -1.02. The number of amidine groups is 1. The Morgan fingerprint density at radius 1 is 0.971 bits per heavy atom. The number of non-ortho nitro benzene ring substituents is 1. The van der Waals surface area contributed by atoms with Gasteiger partial charge >= 0.3 is 0 Å². The first-order valence-corrected chi connectivity index (χ1v) is 10.7. The first-order valence-electron chi connectivity index (χ1n) is 10.7. The number of hydrogen-bond acceptors (Lipinski definition) is 6. The minimum atomic E-state index is -0.602. The molecule has 1 heterocycles. The molecule has 0 radical (unpaired) electrons. The number of nitro benzene ring substituents is 1. The number of fused-ring (bicyclic) bond motifs is 1. The van der Waals surface area contributed by atoms with Gasteiger partial charge in [-0.25, -0.2) is 4.99 Å². The first-order chi connectivity index (χ1) is 17.0. The molecule has 1 aliphatic heterocycles. The number of amides is 2. The molecule has 0 aromatic heterocycles. The topological polar surface area (TPSA) is 137 Å². The molecule has 4 rings (SSSR count). The molecule has 1 aliphatic rings. The predicted octanol–water partition coefficient (Wildman–Crippen LogP) is 3.38. The molecule has 0 atom stereocenters. The number of nitriles is 1. The normalized spacial score (nSPS) is 13.2. The molecule has 172 valence electrons. The van der Waals surface area contributed by atoms with Crippen molar-refractivity contribution in [3.63, 3.8) is 0 Å². The average molecular weight is 465 g/mol. The molecule has 9 heteroatoms. The molecule has 3 aromatic rings. The molecule has 0 spiro atoms. The maximum atomic E-state index is 12.8. The summed E-state index contributed by atoms with van der Waals surface area (Å²) >= 11 is 0. The van der Waals surface area contributed by atoms with Gasteiger partial charge in [-0.2, -0.15) is 5.26 Å². The lowest BCUT2D eigenvalue weighted by Crippen LogP contribution is -2.30. The van der Waals surface area contributed by atoms with Gasteiger partial charge < -0.3 is 10.6 Å². The molecule has 0 bridgehead atoms. The van der Waals surface area contributed by atoms with Crippen LogP contribution >= 0.6 is 0 Å². The van der Waals surface area contributed by atoms with E-state index in [2.05, 4.69) is 15.6 Å². The van der Waals surface area contributed by atoms with Crippen LogP contribution in [0.3, 0.4) is 0 Å². The molecule has 9 nitrogen and oxygen atoms in total. The lowest BCUT2D eigenvalue weighted by atomic mass is 10.0. The maximum absolute atomic E-state index is 12.8. The van der Waals surface area contributed by atoms with Gasteiger partial charge in [0.25, 0.3) is 17.5 Å². The summed E-state index contributed by atoms with van der Waals surface area (Å²) in [6.45, 7) is 0.336. The van der Waals surface area contributed by atoms with Gasteiger partial charge in [-0.3, -0.25) is 19.7 Å².